The maximum atomic E-state index is 12.9. The van der Waals surface area contributed by atoms with Gasteiger partial charge >= 0.3 is 12.1 Å². The summed E-state index contributed by atoms with van der Waals surface area (Å²) in [6, 6.07) is 4.30. The van der Waals surface area contributed by atoms with Crippen molar-refractivity contribution >= 4 is 11.5 Å². The van der Waals surface area contributed by atoms with E-state index in [0.29, 0.717) is 5.69 Å². The largest absolute Gasteiger partial charge is 0.503 e. The third kappa shape index (κ3) is 4.29. The van der Waals surface area contributed by atoms with E-state index in [1.165, 1.54) is 32.7 Å². The van der Waals surface area contributed by atoms with Crippen LogP contribution in [0.25, 0.3) is 5.57 Å². The molecule has 0 aliphatic heterocycles. The van der Waals surface area contributed by atoms with Crippen molar-refractivity contribution in [2.45, 2.75) is 13.1 Å². The van der Waals surface area contributed by atoms with Crippen LogP contribution < -0.4 is 4.74 Å². The lowest BCUT2D eigenvalue weighted by Gasteiger charge is -2.14. The number of aromatic nitrogens is 2. The Morgan fingerprint density at radius 3 is 2.54 bits per heavy atom. The first kappa shape index (κ1) is 19.2. The Balaban J connectivity index is 2.51. The molecule has 6 nitrogen and oxygen atoms in total. The van der Waals surface area contributed by atoms with Crippen LogP contribution >= 0.6 is 0 Å². The monoisotopic (exact) mass is 368 g/mol. The normalized spacial score (nSPS) is 11.8. The van der Waals surface area contributed by atoms with E-state index in [-0.39, 0.29) is 22.8 Å². The lowest BCUT2D eigenvalue weighted by molar-refractivity contribution is -0.137. The van der Waals surface area contributed by atoms with Gasteiger partial charge in [-0.15, -0.1) is 0 Å². The molecule has 9 heteroatoms. The Kier molecular flexibility index (Phi) is 5.81. The van der Waals surface area contributed by atoms with Crippen molar-refractivity contribution in [3.63, 3.8) is 0 Å². The molecule has 2 rings (SSSR count). The molecule has 2 aromatic rings. The third-order valence-electron chi connectivity index (χ3n) is 3.29. The number of rotatable bonds is 5. The van der Waals surface area contributed by atoms with E-state index in [1.807, 2.05) is 0 Å². The molecule has 138 valence electrons. The number of hydrogen-bond donors (Lipinski definition) is 0. The molecule has 1 aromatic heterocycles. The quantitative estimate of drug-likeness (QED) is 0.455. The van der Waals surface area contributed by atoms with Crippen LogP contribution in [0.2, 0.25) is 0 Å². The van der Waals surface area contributed by atoms with E-state index in [0.717, 1.165) is 18.4 Å². The Hall–Kier alpha value is -3.10. The molecule has 0 fully saturated rings. The van der Waals surface area contributed by atoms with Gasteiger partial charge in [0.25, 0.3) is 0 Å². The van der Waals surface area contributed by atoms with Crippen LogP contribution in [0, 0.1) is 6.92 Å². The standard InChI is InChI=1S/C17H15F3N2O4/c1-10-14(13(8-24-2)16(23)25-3)15(22-9-21-10)26-12-6-4-5-11(7-12)17(18,19)20/h4-9H,1-3H3. The predicted molar refractivity (Wildman–Crippen MR) is 85.3 cm³/mol. The van der Waals surface area contributed by atoms with Crippen molar-refractivity contribution < 1.29 is 32.2 Å². The molecule has 0 radical (unpaired) electrons. The summed E-state index contributed by atoms with van der Waals surface area (Å²) in [5.41, 5.74) is -0.396. The second kappa shape index (κ2) is 7.85. The van der Waals surface area contributed by atoms with Gasteiger partial charge in [-0.25, -0.2) is 14.8 Å². The number of halogens is 3. The molecule has 0 aliphatic rings. The van der Waals surface area contributed by atoms with E-state index in [2.05, 4.69) is 9.97 Å². The highest BCUT2D eigenvalue weighted by Gasteiger charge is 2.31. The summed E-state index contributed by atoms with van der Waals surface area (Å²) in [4.78, 5) is 19.9. The number of hydrogen-bond acceptors (Lipinski definition) is 6. The van der Waals surface area contributed by atoms with E-state index < -0.39 is 17.7 Å². The van der Waals surface area contributed by atoms with Crippen LogP contribution in [0.15, 0.2) is 36.9 Å². The minimum Gasteiger partial charge on any atom is -0.503 e. The van der Waals surface area contributed by atoms with Crippen LogP contribution in [0.3, 0.4) is 0 Å². The Bertz CT molecular complexity index is 835. The minimum absolute atomic E-state index is 0.0323. The number of benzene rings is 1. The van der Waals surface area contributed by atoms with Crippen LogP contribution in [0.4, 0.5) is 13.2 Å². The van der Waals surface area contributed by atoms with Gasteiger partial charge in [0.15, 0.2) is 0 Å². The molecule has 0 amide bonds. The molecule has 0 saturated heterocycles. The maximum absolute atomic E-state index is 12.9. The summed E-state index contributed by atoms with van der Waals surface area (Å²) in [5.74, 6) is -0.940. The van der Waals surface area contributed by atoms with Gasteiger partial charge in [-0.05, 0) is 25.1 Å². The average molecular weight is 368 g/mol. The smallest absolute Gasteiger partial charge is 0.416 e. The first-order valence-corrected chi connectivity index (χ1v) is 7.26. The fourth-order valence-electron chi connectivity index (χ4n) is 2.12. The lowest BCUT2D eigenvalue weighted by Crippen LogP contribution is -2.09. The molecule has 0 spiro atoms. The predicted octanol–water partition coefficient (Wildman–Crippen LogP) is 3.76. The summed E-state index contributed by atoms with van der Waals surface area (Å²) < 4.78 is 53.7. The second-order valence-corrected chi connectivity index (χ2v) is 5.03. The summed E-state index contributed by atoms with van der Waals surface area (Å²) in [5, 5.41) is 0. The molecule has 0 N–H and O–H groups in total. The topological polar surface area (TPSA) is 70.5 Å². The van der Waals surface area contributed by atoms with Crippen molar-refractivity contribution in [3.05, 3.63) is 53.7 Å². The summed E-state index contributed by atoms with van der Waals surface area (Å²) in [7, 11) is 2.51. The van der Waals surface area contributed by atoms with E-state index >= 15 is 0 Å². The maximum Gasteiger partial charge on any atom is 0.416 e. The molecule has 0 bridgehead atoms. The average Bonchev–Trinajstić information content (AvgIpc) is 2.59. The van der Waals surface area contributed by atoms with Crippen molar-refractivity contribution in [2.75, 3.05) is 14.2 Å². The second-order valence-electron chi connectivity index (χ2n) is 5.03. The molecule has 0 atom stereocenters. The third-order valence-corrected chi connectivity index (χ3v) is 3.29. The molecule has 26 heavy (non-hydrogen) atoms. The van der Waals surface area contributed by atoms with Gasteiger partial charge in [-0.1, -0.05) is 6.07 Å². The summed E-state index contributed by atoms with van der Waals surface area (Å²) in [6.07, 6.45) is -2.23. The van der Waals surface area contributed by atoms with Crippen LogP contribution in [0.5, 0.6) is 11.6 Å². The zero-order chi connectivity index (χ0) is 19.3. The SMILES string of the molecule is COC=C(C(=O)OC)c1c(C)ncnc1Oc1cccc(C(F)(F)F)c1. The number of aryl methyl sites for hydroxylation is 1. The Morgan fingerprint density at radius 2 is 1.92 bits per heavy atom. The fourth-order valence-corrected chi connectivity index (χ4v) is 2.12. The first-order valence-electron chi connectivity index (χ1n) is 7.26. The van der Waals surface area contributed by atoms with Crippen molar-refractivity contribution in [1.82, 2.24) is 9.97 Å². The molecule has 0 saturated carbocycles. The number of methoxy groups -OCH3 is 2. The van der Waals surface area contributed by atoms with Gasteiger partial charge in [0.1, 0.15) is 17.6 Å². The van der Waals surface area contributed by atoms with Crippen LogP contribution in [-0.4, -0.2) is 30.2 Å². The summed E-state index contributed by atoms with van der Waals surface area (Å²) >= 11 is 0. The van der Waals surface area contributed by atoms with Crippen LogP contribution in [-0.2, 0) is 20.4 Å². The summed E-state index contributed by atoms with van der Waals surface area (Å²) in [6.45, 7) is 1.59. The number of carbonyl (C=O) groups is 1. The number of carbonyl (C=O) groups excluding carboxylic acids is 1. The number of alkyl halides is 3. The van der Waals surface area contributed by atoms with E-state index in [4.69, 9.17) is 14.2 Å². The fraction of sp³-hybridized carbons (Fsp3) is 0.235. The molecule has 1 heterocycles. The molecule has 0 unspecified atom stereocenters. The zero-order valence-electron chi connectivity index (χ0n) is 14.1. The van der Waals surface area contributed by atoms with Crippen molar-refractivity contribution in [3.8, 4) is 11.6 Å². The number of ether oxygens (including phenoxy) is 3. The number of nitrogens with zero attached hydrogens (tertiary/aromatic N) is 2. The highest BCUT2D eigenvalue weighted by Crippen LogP contribution is 2.34. The zero-order valence-corrected chi connectivity index (χ0v) is 14.1. The van der Waals surface area contributed by atoms with Gasteiger partial charge in [0, 0.05) is 0 Å². The highest BCUT2D eigenvalue weighted by atomic mass is 19.4. The molecule has 0 aliphatic carbocycles. The van der Waals surface area contributed by atoms with Crippen LogP contribution in [0.1, 0.15) is 16.8 Å². The molecule has 1 aromatic carbocycles. The molecular weight excluding hydrogens is 353 g/mol. The lowest BCUT2D eigenvalue weighted by atomic mass is 10.1. The van der Waals surface area contributed by atoms with Gasteiger partial charge in [-0.2, -0.15) is 13.2 Å². The first-order chi connectivity index (χ1) is 12.3. The van der Waals surface area contributed by atoms with Crippen molar-refractivity contribution in [2.24, 2.45) is 0 Å². The van der Waals surface area contributed by atoms with Gasteiger partial charge in [-0.3, -0.25) is 0 Å². The highest BCUT2D eigenvalue weighted by molar-refractivity contribution is 6.17. The van der Waals surface area contributed by atoms with Gasteiger partial charge in [0.2, 0.25) is 5.88 Å². The Labute approximate surface area is 147 Å². The van der Waals surface area contributed by atoms with Gasteiger partial charge in [0.05, 0.1) is 37.3 Å². The Morgan fingerprint density at radius 1 is 1.19 bits per heavy atom. The van der Waals surface area contributed by atoms with E-state index in [1.54, 1.807) is 6.92 Å². The van der Waals surface area contributed by atoms with Gasteiger partial charge < -0.3 is 14.2 Å². The van der Waals surface area contributed by atoms with Crippen molar-refractivity contribution in [1.29, 1.82) is 0 Å². The minimum atomic E-state index is -4.52. The molecular formula is C17H15F3N2O4. The van der Waals surface area contributed by atoms with E-state index in [9.17, 15) is 18.0 Å². The number of esters is 1.